The van der Waals surface area contributed by atoms with Crippen LogP contribution in [0.15, 0.2) is 41.3 Å². The van der Waals surface area contributed by atoms with Gasteiger partial charge in [-0.15, -0.1) is 0 Å². The van der Waals surface area contributed by atoms with Crippen LogP contribution in [0.25, 0.3) is 6.08 Å². The van der Waals surface area contributed by atoms with Gasteiger partial charge >= 0.3 is 0 Å². The van der Waals surface area contributed by atoms with Gasteiger partial charge in [0.05, 0.1) is 37.8 Å². The maximum atomic E-state index is 12.7. The summed E-state index contributed by atoms with van der Waals surface area (Å²) in [5.41, 5.74) is 0.591. The average molecular weight is 450 g/mol. The number of amides is 2. The molecule has 1 aliphatic heterocycles. The molecule has 2 aromatic rings. The highest BCUT2D eigenvalue weighted by atomic mass is 35.5. The highest BCUT2D eigenvalue weighted by Crippen LogP contribution is 2.42. The zero-order valence-electron chi connectivity index (χ0n) is 16.6. The van der Waals surface area contributed by atoms with Crippen molar-refractivity contribution in [1.82, 2.24) is 4.90 Å². The lowest BCUT2D eigenvalue weighted by molar-refractivity contribution is -0.123. The maximum Gasteiger partial charge on any atom is 0.293 e. The van der Waals surface area contributed by atoms with Gasteiger partial charge in [-0.3, -0.25) is 14.5 Å². The first-order valence-corrected chi connectivity index (χ1v) is 10.1. The molecule has 2 aromatic carbocycles. The lowest BCUT2D eigenvalue weighted by atomic mass is 10.1. The predicted molar refractivity (Wildman–Crippen MR) is 116 cm³/mol. The van der Waals surface area contributed by atoms with Crippen LogP contribution in [0.3, 0.4) is 0 Å². The average Bonchev–Trinajstić information content (AvgIpc) is 3.01. The third kappa shape index (κ3) is 4.49. The van der Waals surface area contributed by atoms with Crippen molar-refractivity contribution in [3.05, 3.63) is 51.9 Å². The molecule has 2 amide bonds. The standard InChI is InChI=1S/C21H20ClNO6S/c1-26-16-9-8-13(18(27-2)19(16)28-3)12-17-20(24)23(21(25)30-17)10-11-29-15-7-5-4-6-14(15)22/h4-9,12H,10-11H2,1-3H3/b17-12-. The lowest BCUT2D eigenvalue weighted by Gasteiger charge is -2.14. The lowest BCUT2D eigenvalue weighted by Crippen LogP contribution is -2.32. The topological polar surface area (TPSA) is 74.3 Å². The van der Waals surface area contributed by atoms with Gasteiger partial charge in [0.25, 0.3) is 11.1 Å². The van der Waals surface area contributed by atoms with E-state index in [1.165, 1.54) is 21.3 Å². The van der Waals surface area contributed by atoms with E-state index in [-0.39, 0.29) is 23.3 Å². The van der Waals surface area contributed by atoms with Gasteiger partial charge in [0.15, 0.2) is 11.5 Å². The Balaban J connectivity index is 1.76. The zero-order valence-corrected chi connectivity index (χ0v) is 18.2. The van der Waals surface area contributed by atoms with Crippen molar-refractivity contribution in [3.63, 3.8) is 0 Å². The molecule has 158 valence electrons. The highest BCUT2D eigenvalue weighted by molar-refractivity contribution is 8.18. The second-order valence-electron chi connectivity index (χ2n) is 6.04. The van der Waals surface area contributed by atoms with Gasteiger partial charge < -0.3 is 18.9 Å². The van der Waals surface area contributed by atoms with E-state index < -0.39 is 5.91 Å². The number of carbonyl (C=O) groups is 2. The molecule has 0 bridgehead atoms. The Labute approximate surface area is 183 Å². The Morgan fingerprint density at radius 3 is 2.37 bits per heavy atom. The Hall–Kier alpha value is -2.84. The number of para-hydroxylation sites is 1. The number of benzene rings is 2. The Bertz CT molecular complexity index is 993. The number of imide groups is 1. The van der Waals surface area contributed by atoms with Crippen molar-refractivity contribution in [2.45, 2.75) is 0 Å². The van der Waals surface area contributed by atoms with E-state index in [9.17, 15) is 9.59 Å². The zero-order chi connectivity index (χ0) is 21.7. The van der Waals surface area contributed by atoms with Crippen molar-refractivity contribution in [3.8, 4) is 23.0 Å². The van der Waals surface area contributed by atoms with Crippen LogP contribution >= 0.6 is 23.4 Å². The second kappa shape index (κ2) is 9.77. The number of thioether (sulfide) groups is 1. The Morgan fingerprint density at radius 2 is 1.70 bits per heavy atom. The molecule has 0 spiro atoms. The van der Waals surface area contributed by atoms with Gasteiger partial charge in [0.2, 0.25) is 5.75 Å². The second-order valence-corrected chi connectivity index (χ2v) is 7.44. The first-order valence-electron chi connectivity index (χ1n) is 8.91. The molecule has 0 unspecified atom stereocenters. The van der Waals surface area contributed by atoms with Crippen molar-refractivity contribution >= 4 is 40.6 Å². The summed E-state index contributed by atoms with van der Waals surface area (Å²) in [6, 6.07) is 10.4. The summed E-state index contributed by atoms with van der Waals surface area (Å²) in [4.78, 5) is 26.5. The SMILES string of the molecule is COc1ccc(/C=C2\SC(=O)N(CCOc3ccccc3Cl)C2=O)c(OC)c1OC. The number of ether oxygens (including phenoxy) is 4. The van der Waals surface area contributed by atoms with Crippen molar-refractivity contribution < 1.29 is 28.5 Å². The summed E-state index contributed by atoms with van der Waals surface area (Å²) in [5, 5.41) is 0.0977. The maximum absolute atomic E-state index is 12.7. The number of rotatable bonds is 8. The molecule has 0 aliphatic carbocycles. The normalized spacial score (nSPS) is 14.9. The van der Waals surface area contributed by atoms with Gasteiger partial charge in [-0.05, 0) is 42.1 Å². The molecule has 9 heteroatoms. The number of methoxy groups -OCH3 is 3. The van der Waals surface area contributed by atoms with Crippen LogP contribution in [0.2, 0.25) is 5.02 Å². The van der Waals surface area contributed by atoms with Crippen molar-refractivity contribution in [2.75, 3.05) is 34.5 Å². The molecule has 1 heterocycles. The Kier molecular flexibility index (Phi) is 7.12. The van der Waals surface area contributed by atoms with E-state index in [0.717, 1.165) is 16.7 Å². The van der Waals surface area contributed by atoms with Crippen LogP contribution in [0.4, 0.5) is 4.79 Å². The van der Waals surface area contributed by atoms with E-state index in [4.69, 9.17) is 30.5 Å². The van der Waals surface area contributed by atoms with E-state index in [1.807, 2.05) is 0 Å². The van der Waals surface area contributed by atoms with Gasteiger partial charge in [0.1, 0.15) is 12.4 Å². The minimum Gasteiger partial charge on any atom is -0.493 e. The molecule has 0 atom stereocenters. The summed E-state index contributed by atoms with van der Waals surface area (Å²) in [5.74, 6) is 1.41. The van der Waals surface area contributed by atoms with E-state index in [2.05, 4.69) is 0 Å². The summed E-state index contributed by atoms with van der Waals surface area (Å²) in [6.45, 7) is 0.241. The third-order valence-electron chi connectivity index (χ3n) is 4.30. The molecular weight excluding hydrogens is 430 g/mol. The molecular formula is C21H20ClNO6S. The third-order valence-corrected chi connectivity index (χ3v) is 5.52. The van der Waals surface area contributed by atoms with Crippen LogP contribution in [0.5, 0.6) is 23.0 Å². The highest BCUT2D eigenvalue weighted by Gasteiger charge is 2.35. The first-order chi connectivity index (χ1) is 14.5. The number of hydrogen-bond acceptors (Lipinski definition) is 7. The van der Waals surface area contributed by atoms with Crippen molar-refractivity contribution in [2.24, 2.45) is 0 Å². The van der Waals surface area contributed by atoms with Crippen LogP contribution in [0, 0.1) is 0 Å². The van der Waals surface area contributed by atoms with Gasteiger partial charge in [0, 0.05) is 5.56 Å². The molecule has 0 N–H and O–H groups in total. The van der Waals surface area contributed by atoms with Gasteiger partial charge in [-0.2, -0.15) is 0 Å². The fourth-order valence-corrected chi connectivity index (χ4v) is 3.93. The molecule has 1 saturated heterocycles. The number of nitrogens with zero attached hydrogens (tertiary/aromatic N) is 1. The minimum absolute atomic E-state index is 0.107. The first kappa shape index (κ1) is 21.9. The van der Waals surface area contributed by atoms with E-state index in [0.29, 0.717) is 33.6 Å². The van der Waals surface area contributed by atoms with Crippen LogP contribution in [0.1, 0.15) is 5.56 Å². The van der Waals surface area contributed by atoms with E-state index in [1.54, 1.807) is 42.5 Å². The van der Waals surface area contributed by atoms with E-state index >= 15 is 0 Å². The van der Waals surface area contributed by atoms with Gasteiger partial charge in [-0.1, -0.05) is 23.7 Å². The molecule has 1 aliphatic rings. The summed E-state index contributed by atoms with van der Waals surface area (Å²) < 4.78 is 21.6. The molecule has 0 radical (unpaired) electrons. The fourth-order valence-electron chi connectivity index (χ4n) is 2.88. The smallest absolute Gasteiger partial charge is 0.293 e. The monoisotopic (exact) mass is 449 g/mol. The van der Waals surface area contributed by atoms with Crippen molar-refractivity contribution in [1.29, 1.82) is 0 Å². The minimum atomic E-state index is -0.399. The molecule has 30 heavy (non-hydrogen) atoms. The summed E-state index contributed by atoms with van der Waals surface area (Å²) >= 11 is 6.91. The van der Waals surface area contributed by atoms with Crippen LogP contribution < -0.4 is 18.9 Å². The molecule has 1 fully saturated rings. The molecule has 7 nitrogen and oxygen atoms in total. The fraction of sp³-hybridized carbons (Fsp3) is 0.238. The largest absolute Gasteiger partial charge is 0.493 e. The molecule has 3 rings (SSSR count). The summed E-state index contributed by atoms with van der Waals surface area (Å²) in [7, 11) is 4.51. The quantitative estimate of drug-likeness (QED) is 0.550. The van der Waals surface area contributed by atoms with Crippen LogP contribution in [-0.2, 0) is 4.79 Å². The van der Waals surface area contributed by atoms with Gasteiger partial charge in [-0.25, -0.2) is 0 Å². The van der Waals surface area contributed by atoms with Crippen LogP contribution in [-0.4, -0.2) is 50.5 Å². The number of hydrogen-bond donors (Lipinski definition) is 0. The predicted octanol–water partition coefficient (Wildman–Crippen LogP) is 4.48. The number of halogens is 1. The number of carbonyl (C=O) groups excluding carboxylic acids is 2. The Morgan fingerprint density at radius 1 is 0.967 bits per heavy atom. The molecule has 0 saturated carbocycles. The summed E-state index contributed by atoms with van der Waals surface area (Å²) in [6.07, 6.45) is 1.60. The molecule has 0 aromatic heterocycles.